The van der Waals surface area contributed by atoms with E-state index in [2.05, 4.69) is 10.3 Å². The summed E-state index contributed by atoms with van der Waals surface area (Å²) in [4.78, 5) is 15.0. The van der Waals surface area contributed by atoms with Crippen LogP contribution in [0.2, 0.25) is 0 Å². The lowest BCUT2D eigenvalue weighted by Crippen LogP contribution is -2.06. The van der Waals surface area contributed by atoms with Gasteiger partial charge in [-0.15, -0.1) is 0 Å². The molecule has 0 aliphatic rings. The Kier molecular flexibility index (Phi) is 2.91. The number of benzene rings is 1. The van der Waals surface area contributed by atoms with Gasteiger partial charge in [0.2, 0.25) is 0 Å². The van der Waals surface area contributed by atoms with Crippen molar-refractivity contribution in [2.45, 2.75) is 0 Å². The number of rotatable bonds is 3. The Hall–Kier alpha value is -2.56. The summed E-state index contributed by atoms with van der Waals surface area (Å²) in [5.41, 5.74) is 6.65. The summed E-state index contributed by atoms with van der Waals surface area (Å²) in [5, 5.41) is 12.0. The van der Waals surface area contributed by atoms with Crippen LogP contribution in [0.15, 0.2) is 42.6 Å². The zero-order chi connectivity index (χ0) is 12.3. The number of nitrogens with two attached hydrogens (primary N) is 1. The van der Waals surface area contributed by atoms with Crippen molar-refractivity contribution >= 4 is 23.2 Å². The van der Waals surface area contributed by atoms with Crippen LogP contribution in [0.3, 0.4) is 0 Å². The zero-order valence-corrected chi connectivity index (χ0v) is 8.92. The van der Waals surface area contributed by atoms with Crippen molar-refractivity contribution in [2.24, 2.45) is 0 Å². The van der Waals surface area contributed by atoms with Gasteiger partial charge in [0.05, 0.1) is 11.9 Å². The second kappa shape index (κ2) is 4.52. The van der Waals surface area contributed by atoms with E-state index >= 15 is 0 Å². The number of aromatic carboxylic acids is 1. The summed E-state index contributed by atoms with van der Waals surface area (Å²) in [6.07, 6.45) is 1.41. The standard InChI is InChI=1S/C12H11N3O2/c13-8-6-10(12(16)17)11(14-7-8)15-9-4-2-1-3-5-9/h1-7H,13H2,(H,14,15)(H,16,17). The van der Waals surface area contributed by atoms with Crippen LogP contribution < -0.4 is 11.1 Å². The highest BCUT2D eigenvalue weighted by Gasteiger charge is 2.11. The van der Waals surface area contributed by atoms with Crippen molar-refractivity contribution in [1.29, 1.82) is 0 Å². The number of aromatic nitrogens is 1. The van der Waals surface area contributed by atoms with Crippen LogP contribution in [0, 0.1) is 0 Å². The summed E-state index contributed by atoms with van der Waals surface area (Å²) in [7, 11) is 0. The minimum absolute atomic E-state index is 0.0499. The summed E-state index contributed by atoms with van der Waals surface area (Å²) in [6.45, 7) is 0. The second-order valence-electron chi connectivity index (χ2n) is 3.46. The van der Waals surface area contributed by atoms with Gasteiger partial charge < -0.3 is 16.2 Å². The van der Waals surface area contributed by atoms with Crippen LogP contribution in [0.4, 0.5) is 17.2 Å². The third kappa shape index (κ3) is 2.52. The van der Waals surface area contributed by atoms with Gasteiger partial charge in [0, 0.05) is 5.69 Å². The van der Waals surface area contributed by atoms with Gasteiger partial charge in [-0.1, -0.05) is 18.2 Å². The summed E-state index contributed by atoms with van der Waals surface area (Å²) >= 11 is 0. The third-order valence-electron chi connectivity index (χ3n) is 2.18. The van der Waals surface area contributed by atoms with Gasteiger partial charge >= 0.3 is 5.97 Å². The molecule has 0 radical (unpaired) electrons. The Labute approximate surface area is 97.9 Å². The normalized spacial score (nSPS) is 9.88. The van der Waals surface area contributed by atoms with E-state index in [9.17, 15) is 4.79 Å². The molecule has 0 amide bonds. The molecule has 2 rings (SSSR count). The topological polar surface area (TPSA) is 88.2 Å². The van der Waals surface area contributed by atoms with Gasteiger partial charge in [0.1, 0.15) is 11.4 Å². The number of hydrogen-bond acceptors (Lipinski definition) is 4. The van der Waals surface area contributed by atoms with Crippen molar-refractivity contribution in [3.8, 4) is 0 Å². The molecule has 0 aliphatic carbocycles. The van der Waals surface area contributed by atoms with E-state index in [1.807, 2.05) is 30.3 Å². The number of nitrogens with zero attached hydrogens (tertiary/aromatic N) is 1. The number of carbonyl (C=O) groups is 1. The summed E-state index contributed by atoms with van der Waals surface area (Å²) in [5.74, 6) is -0.791. The lowest BCUT2D eigenvalue weighted by molar-refractivity contribution is 0.0697. The van der Waals surface area contributed by atoms with Crippen LogP contribution in [-0.2, 0) is 0 Å². The number of carboxylic acids is 1. The average Bonchev–Trinajstić information content (AvgIpc) is 2.32. The van der Waals surface area contributed by atoms with E-state index in [0.29, 0.717) is 5.69 Å². The molecule has 0 saturated heterocycles. The van der Waals surface area contributed by atoms with Crippen molar-refractivity contribution in [1.82, 2.24) is 4.98 Å². The maximum atomic E-state index is 11.0. The summed E-state index contributed by atoms with van der Waals surface area (Å²) < 4.78 is 0. The molecule has 0 unspecified atom stereocenters. The fourth-order valence-electron chi connectivity index (χ4n) is 1.40. The smallest absolute Gasteiger partial charge is 0.339 e. The molecule has 0 fully saturated rings. The Balaban J connectivity index is 2.36. The predicted molar refractivity (Wildman–Crippen MR) is 65.3 cm³/mol. The lowest BCUT2D eigenvalue weighted by Gasteiger charge is -2.08. The van der Waals surface area contributed by atoms with Crippen LogP contribution in [0.25, 0.3) is 0 Å². The van der Waals surface area contributed by atoms with E-state index < -0.39 is 5.97 Å². The molecule has 0 atom stereocenters. The number of anilines is 3. The molecule has 0 bridgehead atoms. The fraction of sp³-hybridized carbons (Fsp3) is 0. The van der Waals surface area contributed by atoms with E-state index in [4.69, 9.17) is 10.8 Å². The molecule has 4 N–H and O–H groups in total. The highest BCUT2D eigenvalue weighted by Crippen LogP contribution is 2.20. The van der Waals surface area contributed by atoms with Gasteiger partial charge in [-0.05, 0) is 18.2 Å². The Morgan fingerprint density at radius 1 is 1.29 bits per heavy atom. The first-order chi connectivity index (χ1) is 8.16. The molecule has 0 aliphatic heterocycles. The zero-order valence-electron chi connectivity index (χ0n) is 8.92. The van der Waals surface area contributed by atoms with Crippen LogP contribution >= 0.6 is 0 Å². The minimum atomic E-state index is -1.07. The highest BCUT2D eigenvalue weighted by atomic mass is 16.4. The second-order valence-corrected chi connectivity index (χ2v) is 3.46. The molecule has 1 heterocycles. The maximum Gasteiger partial charge on any atom is 0.339 e. The van der Waals surface area contributed by atoms with E-state index in [-0.39, 0.29) is 11.4 Å². The molecule has 5 nitrogen and oxygen atoms in total. The largest absolute Gasteiger partial charge is 0.478 e. The first kappa shape index (κ1) is 10.9. The Morgan fingerprint density at radius 2 is 2.00 bits per heavy atom. The van der Waals surface area contributed by atoms with Crippen molar-refractivity contribution in [2.75, 3.05) is 11.1 Å². The molecule has 17 heavy (non-hydrogen) atoms. The Morgan fingerprint density at radius 3 is 2.65 bits per heavy atom. The number of nitrogen functional groups attached to an aromatic ring is 1. The highest BCUT2D eigenvalue weighted by molar-refractivity contribution is 5.94. The average molecular weight is 229 g/mol. The molecular formula is C12H11N3O2. The predicted octanol–water partition coefficient (Wildman–Crippen LogP) is 2.11. The molecule has 5 heteroatoms. The monoisotopic (exact) mass is 229 g/mol. The molecular weight excluding hydrogens is 218 g/mol. The first-order valence-electron chi connectivity index (χ1n) is 4.97. The van der Waals surface area contributed by atoms with Crippen LogP contribution in [-0.4, -0.2) is 16.1 Å². The van der Waals surface area contributed by atoms with Crippen molar-refractivity contribution in [3.63, 3.8) is 0 Å². The first-order valence-corrected chi connectivity index (χ1v) is 4.97. The lowest BCUT2D eigenvalue weighted by atomic mass is 10.2. The van der Waals surface area contributed by atoms with Gasteiger partial charge in [-0.2, -0.15) is 0 Å². The minimum Gasteiger partial charge on any atom is -0.478 e. The Bertz CT molecular complexity index is 541. The number of nitrogens with one attached hydrogen (secondary N) is 1. The van der Waals surface area contributed by atoms with Crippen molar-refractivity contribution < 1.29 is 9.90 Å². The molecule has 0 spiro atoms. The molecule has 0 saturated carbocycles. The number of pyridine rings is 1. The van der Waals surface area contributed by atoms with Crippen LogP contribution in [0.5, 0.6) is 0 Å². The number of carboxylic acid groups (broad SMARTS) is 1. The molecule has 1 aromatic carbocycles. The van der Waals surface area contributed by atoms with Gasteiger partial charge in [-0.25, -0.2) is 9.78 Å². The summed E-state index contributed by atoms with van der Waals surface area (Å²) in [6, 6.07) is 10.6. The quantitative estimate of drug-likeness (QED) is 0.750. The van der Waals surface area contributed by atoms with Crippen molar-refractivity contribution in [3.05, 3.63) is 48.2 Å². The van der Waals surface area contributed by atoms with Crippen LogP contribution in [0.1, 0.15) is 10.4 Å². The molecule has 1 aromatic heterocycles. The molecule has 2 aromatic rings. The van der Waals surface area contributed by atoms with Gasteiger partial charge in [0.15, 0.2) is 0 Å². The SMILES string of the molecule is Nc1cnc(Nc2ccccc2)c(C(=O)O)c1. The third-order valence-corrected chi connectivity index (χ3v) is 2.18. The van der Waals surface area contributed by atoms with Gasteiger partial charge in [-0.3, -0.25) is 0 Å². The maximum absolute atomic E-state index is 11.0. The van der Waals surface area contributed by atoms with E-state index in [1.54, 1.807) is 0 Å². The van der Waals surface area contributed by atoms with E-state index in [0.717, 1.165) is 5.69 Å². The number of hydrogen-bond donors (Lipinski definition) is 3. The van der Waals surface area contributed by atoms with E-state index in [1.165, 1.54) is 12.3 Å². The number of para-hydroxylation sites is 1. The van der Waals surface area contributed by atoms with Gasteiger partial charge in [0.25, 0.3) is 0 Å². The molecule has 86 valence electrons. The fourth-order valence-corrected chi connectivity index (χ4v) is 1.40.